The molecule has 2 heterocycles. The first kappa shape index (κ1) is 11.6. The van der Waals surface area contributed by atoms with Crippen molar-refractivity contribution in [3.05, 3.63) is 30.2 Å². The molecule has 0 bridgehead atoms. The van der Waals surface area contributed by atoms with Gasteiger partial charge in [0, 0.05) is 17.7 Å². The maximum Gasteiger partial charge on any atom is 0.160 e. The van der Waals surface area contributed by atoms with Gasteiger partial charge >= 0.3 is 0 Å². The molecule has 96 valence electrons. The molecule has 2 aromatic rings. The van der Waals surface area contributed by atoms with Crippen LogP contribution in [0.2, 0.25) is 0 Å². The van der Waals surface area contributed by atoms with Crippen molar-refractivity contribution in [2.75, 3.05) is 0 Å². The molecule has 18 heavy (non-hydrogen) atoms. The van der Waals surface area contributed by atoms with Gasteiger partial charge in [0.15, 0.2) is 11.5 Å². The lowest BCUT2D eigenvalue weighted by Crippen LogP contribution is -2.59. The van der Waals surface area contributed by atoms with Gasteiger partial charge in [0.25, 0.3) is 0 Å². The smallest absolute Gasteiger partial charge is 0.160 e. The Hall–Kier alpha value is -1.46. The van der Waals surface area contributed by atoms with E-state index in [2.05, 4.69) is 29.4 Å². The molecule has 2 N–H and O–H groups in total. The van der Waals surface area contributed by atoms with Gasteiger partial charge in [-0.3, -0.25) is 4.40 Å². The Bertz CT molecular complexity index is 563. The summed E-state index contributed by atoms with van der Waals surface area (Å²) in [7, 11) is 0. The van der Waals surface area contributed by atoms with Crippen LogP contribution in [-0.4, -0.2) is 31.9 Å². The molecule has 0 aliphatic heterocycles. The number of pyridine rings is 1. The molecule has 2 aromatic heterocycles. The number of hydrogen-bond acceptors (Lipinski definition) is 4. The number of aliphatic hydroxyl groups excluding tert-OH is 1. The van der Waals surface area contributed by atoms with Crippen molar-refractivity contribution < 1.29 is 5.11 Å². The largest absolute Gasteiger partial charge is 0.392 e. The minimum absolute atomic E-state index is 0.0551. The van der Waals surface area contributed by atoms with Crippen molar-refractivity contribution in [2.45, 2.75) is 39.0 Å². The van der Waals surface area contributed by atoms with Crippen LogP contribution in [0, 0.1) is 5.41 Å². The first-order valence-electron chi connectivity index (χ1n) is 6.29. The fraction of sp³-hybridized carbons (Fsp3) is 0.538. The van der Waals surface area contributed by atoms with Gasteiger partial charge in [0.1, 0.15) is 0 Å². The zero-order chi connectivity index (χ0) is 12.8. The highest BCUT2D eigenvalue weighted by molar-refractivity contribution is 5.36. The van der Waals surface area contributed by atoms with Gasteiger partial charge < -0.3 is 10.4 Å². The molecule has 5 nitrogen and oxygen atoms in total. The normalized spacial score (nSPS) is 26.2. The third-order valence-corrected chi connectivity index (χ3v) is 4.11. The standard InChI is InChI=1S/C13H18N4O/c1-13(2)9(7-10(13)18)14-8-12-16-15-11-5-3-4-6-17(11)12/h3-6,9-10,14,18H,7-8H2,1-2H3. The Labute approximate surface area is 106 Å². The topological polar surface area (TPSA) is 62.5 Å². The van der Waals surface area contributed by atoms with E-state index < -0.39 is 0 Å². The first-order valence-corrected chi connectivity index (χ1v) is 6.29. The fourth-order valence-electron chi connectivity index (χ4n) is 2.47. The van der Waals surface area contributed by atoms with Crippen LogP contribution in [0.5, 0.6) is 0 Å². The fourth-order valence-corrected chi connectivity index (χ4v) is 2.47. The van der Waals surface area contributed by atoms with Gasteiger partial charge in [-0.05, 0) is 18.6 Å². The van der Waals surface area contributed by atoms with E-state index in [9.17, 15) is 5.11 Å². The number of hydrogen-bond donors (Lipinski definition) is 2. The van der Waals surface area contributed by atoms with Crippen LogP contribution >= 0.6 is 0 Å². The van der Waals surface area contributed by atoms with Crippen molar-refractivity contribution >= 4 is 5.65 Å². The van der Waals surface area contributed by atoms with Crippen LogP contribution in [0.25, 0.3) is 5.65 Å². The average molecular weight is 246 g/mol. The molecule has 0 aromatic carbocycles. The maximum atomic E-state index is 9.70. The zero-order valence-electron chi connectivity index (χ0n) is 10.7. The van der Waals surface area contributed by atoms with Crippen molar-refractivity contribution in [3.63, 3.8) is 0 Å². The van der Waals surface area contributed by atoms with Crippen LogP contribution in [0.3, 0.4) is 0 Å². The summed E-state index contributed by atoms with van der Waals surface area (Å²) in [6.45, 7) is 4.84. The second-order valence-electron chi connectivity index (χ2n) is 5.55. The van der Waals surface area contributed by atoms with Crippen LogP contribution in [-0.2, 0) is 6.54 Å². The van der Waals surface area contributed by atoms with Crippen LogP contribution in [0.1, 0.15) is 26.1 Å². The first-order chi connectivity index (χ1) is 8.59. The number of rotatable bonds is 3. The lowest BCUT2D eigenvalue weighted by molar-refractivity contribution is -0.0731. The van der Waals surface area contributed by atoms with Gasteiger partial charge in [0.2, 0.25) is 0 Å². The van der Waals surface area contributed by atoms with E-state index in [0.29, 0.717) is 12.6 Å². The Morgan fingerprint density at radius 3 is 3.00 bits per heavy atom. The second-order valence-corrected chi connectivity index (χ2v) is 5.55. The SMILES string of the molecule is CC1(C)C(O)CC1NCc1nnc2ccccn12. The van der Waals surface area contributed by atoms with Crippen LogP contribution < -0.4 is 5.32 Å². The lowest BCUT2D eigenvalue weighted by Gasteiger charge is -2.49. The van der Waals surface area contributed by atoms with Crippen molar-refractivity contribution in [2.24, 2.45) is 5.41 Å². The Morgan fingerprint density at radius 2 is 2.28 bits per heavy atom. The molecule has 1 aliphatic rings. The van der Waals surface area contributed by atoms with Crippen molar-refractivity contribution in [1.29, 1.82) is 0 Å². The van der Waals surface area contributed by atoms with E-state index in [1.165, 1.54) is 0 Å². The quantitative estimate of drug-likeness (QED) is 0.847. The molecule has 2 atom stereocenters. The highest BCUT2D eigenvalue weighted by Gasteiger charge is 2.46. The summed E-state index contributed by atoms with van der Waals surface area (Å²) < 4.78 is 1.98. The minimum Gasteiger partial charge on any atom is -0.392 e. The Kier molecular flexibility index (Phi) is 2.60. The summed E-state index contributed by atoms with van der Waals surface area (Å²) in [6.07, 6.45) is 2.57. The molecule has 1 saturated carbocycles. The zero-order valence-corrected chi connectivity index (χ0v) is 10.7. The molecule has 5 heteroatoms. The van der Waals surface area contributed by atoms with Gasteiger partial charge in [-0.2, -0.15) is 0 Å². The molecule has 2 unspecified atom stereocenters. The summed E-state index contributed by atoms with van der Waals surface area (Å²) in [5.74, 6) is 0.905. The van der Waals surface area contributed by atoms with Crippen molar-refractivity contribution in [1.82, 2.24) is 19.9 Å². The predicted molar refractivity (Wildman–Crippen MR) is 68.0 cm³/mol. The lowest BCUT2D eigenvalue weighted by atomic mass is 9.64. The third kappa shape index (κ3) is 1.71. The Balaban J connectivity index is 1.71. The molecular formula is C13H18N4O. The third-order valence-electron chi connectivity index (χ3n) is 4.11. The average Bonchev–Trinajstić information content (AvgIpc) is 2.78. The summed E-state index contributed by atoms with van der Waals surface area (Å²) in [6, 6.07) is 6.19. The Morgan fingerprint density at radius 1 is 1.44 bits per heavy atom. The van der Waals surface area contributed by atoms with E-state index in [1.807, 2.05) is 28.8 Å². The van der Waals surface area contributed by atoms with Crippen LogP contribution in [0.4, 0.5) is 0 Å². The van der Waals surface area contributed by atoms with E-state index in [-0.39, 0.29) is 11.5 Å². The van der Waals surface area contributed by atoms with E-state index >= 15 is 0 Å². The molecule has 0 radical (unpaired) electrons. The molecular weight excluding hydrogens is 228 g/mol. The maximum absolute atomic E-state index is 9.70. The molecule has 0 saturated heterocycles. The van der Waals surface area contributed by atoms with E-state index in [4.69, 9.17) is 0 Å². The summed E-state index contributed by atoms with van der Waals surface area (Å²) in [5, 5.41) is 21.4. The number of nitrogens with zero attached hydrogens (tertiary/aromatic N) is 3. The molecule has 1 aliphatic carbocycles. The predicted octanol–water partition coefficient (Wildman–Crippen LogP) is 0.978. The highest BCUT2D eigenvalue weighted by atomic mass is 16.3. The summed E-state index contributed by atoms with van der Waals surface area (Å²) in [4.78, 5) is 0. The monoisotopic (exact) mass is 246 g/mol. The van der Waals surface area contributed by atoms with Gasteiger partial charge in [-0.15, -0.1) is 10.2 Å². The summed E-state index contributed by atoms with van der Waals surface area (Å²) in [5.41, 5.74) is 0.808. The second kappa shape index (κ2) is 4.03. The number of aromatic nitrogens is 3. The van der Waals surface area contributed by atoms with Gasteiger partial charge in [-0.25, -0.2) is 0 Å². The molecule has 0 spiro atoms. The minimum atomic E-state index is -0.204. The number of nitrogens with one attached hydrogen (secondary N) is 1. The number of aliphatic hydroxyl groups is 1. The van der Waals surface area contributed by atoms with E-state index in [1.54, 1.807) is 0 Å². The van der Waals surface area contributed by atoms with Gasteiger partial charge in [0.05, 0.1) is 12.6 Å². The summed E-state index contributed by atoms with van der Waals surface area (Å²) >= 11 is 0. The molecule has 3 rings (SSSR count). The number of fused-ring (bicyclic) bond motifs is 1. The van der Waals surface area contributed by atoms with Gasteiger partial charge in [-0.1, -0.05) is 19.9 Å². The highest BCUT2D eigenvalue weighted by Crippen LogP contribution is 2.40. The van der Waals surface area contributed by atoms with Crippen LogP contribution in [0.15, 0.2) is 24.4 Å². The van der Waals surface area contributed by atoms with Crippen molar-refractivity contribution in [3.8, 4) is 0 Å². The molecule has 1 fully saturated rings. The molecule has 0 amide bonds. The van der Waals surface area contributed by atoms with E-state index in [0.717, 1.165) is 17.9 Å².